The number of benzene rings is 2. The van der Waals surface area contributed by atoms with Gasteiger partial charge >= 0.3 is 12.1 Å². The second kappa shape index (κ2) is 8.53. The molecule has 12 heteroatoms. The van der Waals surface area contributed by atoms with Crippen molar-refractivity contribution >= 4 is 39.7 Å². The second-order valence-corrected chi connectivity index (χ2v) is 7.93. The number of esters is 1. The van der Waals surface area contributed by atoms with Crippen molar-refractivity contribution in [2.45, 2.75) is 33.9 Å². The fourth-order valence-corrected chi connectivity index (χ4v) is 3.81. The number of anilines is 2. The minimum Gasteiger partial charge on any atom is -0.496 e. The lowest BCUT2D eigenvalue weighted by Crippen LogP contribution is -2.29. The first-order valence-corrected chi connectivity index (χ1v) is 10.3. The van der Waals surface area contributed by atoms with E-state index in [2.05, 4.69) is 30.0 Å². The van der Waals surface area contributed by atoms with Crippen molar-refractivity contribution in [1.29, 1.82) is 0 Å². The van der Waals surface area contributed by atoms with Crippen LogP contribution in [-0.4, -0.2) is 39.2 Å². The van der Waals surface area contributed by atoms with E-state index >= 15 is 0 Å². The molecule has 2 aromatic carbocycles. The number of aromatic nitrogens is 4. The number of methoxy groups -OCH3 is 1. The maximum absolute atomic E-state index is 12.9. The number of carbonyl (C=O) groups is 1. The van der Waals surface area contributed by atoms with Gasteiger partial charge in [0.2, 0.25) is 11.9 Å². The molecule has 0 radical (unpaired) electrons. The Hall–Kier alpha value is -4.22. The van der Waals surface area contributed by atoms with Gasteiger partial charge in [0.15, 0.2) is 0 Å². The fraction of sp³-hybridized carbons (Fsp3) is 0.261. The van der Waals surface area contributed by atoms with E-state index in [1.54, 1.807) is 21.0 Å². The smallest absolute Gasteiger partial charge is 0.491 e. The number of fused-ring (bicyclic) bond motifs is 2. The Balaban J connectivity index is 1.82. The molecule has 0 fully saturated rings. The van der Waals surface area contributed by atoms with Gasteiger partial charge in [-0.3, -0.25) is 15.1 Å². The molecule has 0 atom stereocenters. The van der Waals surface area contributed by atoms with Crippen LogP contribution < -0.4 is 20.3 Å². The van der Waals surface area contributed by atoms with Gasteiger partial charge in [-0.25, -0.2) is 19.7 Å². The topological polar surface area (TPSA) is 119 Å². The normalized spacial score (nSPS) is 11.7. The average molecular weight is 487 g/mol. The maximum Gasteiger partial charge on any atom is 0.491 e. The van der Waals surface area contributed by atoms with E-state index in [4.69, 9.17) is 4.74 Å². The van der Waals surface area contributed by atoms with Gasteiger partial charge in [0.25, 0.3) is 5.56 Å². The highest BCUT2D eigenvalue weighted by atomic mass is 19.4. The van der Waals surface area contributed by atoms with Gasteiger partial charge in [0.05, 0.1) is 29.2 Å². The maximum atomic E-state index is 12.9. The zero-order valence-electron chi connectivity index (χ0n) is 19.3. The summed E-state index contributed by atoms with van der Waals surface area (Å²) >= 11 is 0. The average Bonchev–Trinajstić information content (AvgIpc) is 2.76. The van der Waals surface area contributed by atoms with Gasteiger partial charge in [-0.15, -0.1) is 0 Å². The SMILES string of the molecule is COc1ccc(C)c2nc(Nc3nc4c(C)cc(C)c(OC(=O)C(F)(F)F)c4c(=O)[nH]3)nc(C)c12. The summed E-state index contributed by atoms with van der Waals surface area (Å²) in [5.74, 6) is -2.23. The lowest BCUT2D eigenvalue weighted by molar-refractivity contribution is -0.189. The predicted molar refractivity (Wildman–Crippen MR) is 122 cm³/mol. The third-order valence-electron chi connectivity index (χ3n) is 5.38. The quantitative estimate of drug-likeness (QED) is 0.323. The van der Waals surface area contributed by atoms with Gasteiger partial charge in [0.1, 0.15) is 16.9 Å². The standard InChI is InChI=1S/C23H20F3N5O4/c1-9-6-7-13(34-5)14-12(4)27-21(28-16(9)14)31-22-29-17-10(2)8-11(3)18(15(17)19(32)30-22)35-20(33)23(24,25)26/h6-8H,1-5H3,(H2,27,28,29,30,31,32). The molecule has 0 saturated heterocycles. The van der Waals surface area contributed by atoms with Crippen LogP contribution in [0.1, 0.15) is 22.4 Å². The van der Waals surface area contributed by atoms with Crippen molar-refractivity contribution in [1.82, 2.24) is 19.9 Å². The van der Waals surface area contributed by atoms with E-state index in [0.717, 1.165) is 10.9 Å². The first kappa shape index (κ1) is 23.9. The molecule has 4 aromatic rings. The monoisotopic (exact) mass is 487 g/mol. The molecule has 35 heavy (non-hydrogen) atoms. The lowest BCUT2D eigenvalue weighted by atomic mass is 10.1. The summed E-state index contributed by atoms with van der Waals surface area (Å²) in [4.78, 5) is 40.0. The largest absolute Gasteiger partial charge is 0.496 e. The zero-order chi connectivity index (χ0) is 25.7. The molecule has 0 aliphatic carbocycles. The van der Waals surface area contributed by atoms with E-state index in [1.165, 1.54) is 13.0 Å². The van der Waals surface area contributed by atoms with Crippen LogP contribution >= 0.6 is 0 Å². The summed E-state index contributed by atoms with van der Waals surface area (Å²) in [5, 5.41) is 3.30. The fourth-order valence-electron chi connectivity index (χ4n) is 3.81. The Bertz CT molecular complexity index is 1560. The molecule has 2 aromatic heterocycles. The van der Waals surface area contributed by atoms with Gasteiger partial charge in [-0.05, 0) is 50.5 Å². The van der Waals surface area contributed by atoms with E-state index in [0.29, 0.717) is 22.5 Å². The number of ether oxygens (including phenoxy) is 2. The number of hydrogen-bond acceptors (Lipinski definition) is 8. The summed E-state index contributed by atoms with van der Waals surface area (Å²) < 4.78 is 48.2. The molecule has 0 aliphatic heterocycles. The number of aromatic amines is 1. The number of nitrogens with zero attached hydrogens (tertiary/aromatic N) is 3. The minimum absolute atomic E-state index is 0.0400. The van der Waals surface area contributed by atoms with Crippen LogP contribution in [0.25, 0.3) is 21.8 Å². The number of nitrogens with one attached hydrogen (secondary N) is 2. The highest BCUT2D eigenvalue weighted by Gasteiger charge is 2.42. The third kappa shape index (κ3) is 4.34. The Morgan fingerprint density at radius 3 is 2.31 bits per heavy atom. The molecular formula is C23H20F3N5O4. The Morgan fingerprint density at radius 2 is 1.66 bits per heavy atom. The first-order valence-electron chi connectivity index (χ1n) is 10.3. The summed E-state index contributed by atoms with van der Waals surface area (Å²) in [7, 11) is 1.55. The number of alkyl halides is 3. The zero-order valence-corrected chi connectivity index (χ0v) is 19.3. The Morgan fingerprint density at radius 1 is 0.971 bits per heavy atom. The van der Waals surface area contributed by atoms with Crippen LogP contribution in [0, 0.1) is 27.7 Å². The van der Waals surface area contributed by atoms with Crippen molar-refractivity contribution in [2.24, 2.45) is 0 Å². The number of halogens is 3. The van der Waals surface area contributed by atoms with E-state index in [9.17, 15) is 22.8 Å². The number of rotatable bonds is 4. The van der Waals surface area contributed by atoms with Crippen LogP contribution in [0.15, 0.2) is 23.0 Å². The molecule has 0 unspecified atom stereocenters. The molecule has 0 amide bonds. The lowest BCUT2D eigenvalue weighted by Gasteiger charge is -2.14. The van der Waals surface area contributed by atoms with Gasteiger partial charge in [0, 0.05) is 0 Å². The highest BCUT2D eigenvalue weighted by molar-refractivity contribution is 5.93. The minimum atomic E-state index is -5.22. The van der Waals surface area contributed by atoms with Crippen LogP contribution in [0.4, 0.5) is 25.1 Å². The molecule has 0 aliphatic rings. The Labute approximate surface area is 196 Å². The first-order chi connectivity index (χ1) is 16.4. The molecule has 0 spiro atoms. The van der Waals surface area contributed by atoms with Crippen molar-refractivity contribution in [3.63, 3.8) is 0 Å². The molecule has 182 valence electrons. The summed E-state index contributed by atoms with van der Waals surface area (Å²) in [5.41, 5.74) is 2.06. The summed E-state index contributed by atoms with van der Waals surface area (Å²) in [6, 6.07) is 5.14. The van der Waals surface area contributed by atoms with Crippen molar-refractivity contribution < 1.29 is 27.4 Å². The second-order valence-electron chi connectivity index (χ2n) is 7.93. The van der Waals surface area contributed by atoms with Crippen LogP contribution in [-0.2, 0) is 4.79 Å². The van der Waals surface area contributed by atoms with Crippen LogP contribution in [0.2, 0.25) is 0 Å². The summed E-state index contributed by atoms with van der Waals surface area (Å²) in [6.07, 6.45) is -5.22. The summed E-state index contributed by atoms with van der Waals surface area (Å²) in [6.45, 7) is 6.72. The van der Waals surface area contributed by atoms with Crippen molar-refractivity contribution in [3.8, 4) is 11.5 Å². The van der Waals surface area contributed by atoms with Crippen molar-refractivity contribution in [3.05, 3.63) is 50.9 Å². The predicted octanol–water partition coefficient (Wildman–Crippen LogP) is 4.32. The molecule has 9 nitrogen and oxygen atoms in total. The van der Waals surface area contributed by atoms with E-state index in [-0.39, 0.29) is 28.4 Å². The van der Waals surface area contributed by atoms with Gasteiger partial charge in [-0.2, -0.15) is 13.2 Å². The van der Waals surface area contributed by atoms with Crippen LogP contribution in [0.3, 0.4) is 0 Å². The number of H-pyrrole nitrogens is 1. The van der Waals surface area contributed by atoms with E-state index < -0.39 is 23.5 Å². The molecular weight excluding hydrogens is 467 g/mol. The molecule has 4 rings (SSSR count). The molecule has 2 N–H and O–H groups in total. The van der Waals surface area contributed by atoms with Gasteiger partial charge < -0.3 is 9.47 Å². The molecule has 0 saturated carbocycles. The number of aryl methyl sites for hydroxylation is 4. The molecule has 0 bridgehead atoms. The van der Waals surface area contributed by atoms with Crippen LogP contribution in [0.5, 0.6) is 11.5 Å². The third-order valence-corrected chi connectivity index (χ3v) is 5.38. The number of hydrogen-bond donors (Lipinski definition) is 2. The van der Waals surface area contributed by atoms with E-state index in [1.807, 2.05) is 19.1 Å². The Kier molecular flexibility index (Phi) is 5.83. The number of carbonyl (C=O) groups excluding carboxylic acids is 1. The van der Waals surface area contributed by atoms with Crippen molar-refractivity contribution in [2.75, 3.05) is 12.4 Å². The highest BCUT2D eigenvalue weighted by Crippen LogP contribution is 2.32. The van der Waals surface area contributed by atoms with Gasteiger partial charge in [-0.1, -0.05) is 12.1 Å². The molecule has 2 heterocycles.